The van der Waals surface area contributed by atoms with Crippen LogP contribution in [0.25, 0.3) is 0 Å². The van der Waals surface area contributed by atoms with E-state index in [-0.39, 0.29) is 11.4 Å². The van der Waals surface area contributed by atoms with Crippen molar-refractivity contribution in [3.05, 3.63) is 44.7 Å². The second-order valence-corrected chi connectivity index (χ2v) is 4.36. The fourth-order valence-electron chi connectivity index (χ4n) is 1.75. The van der Waals surface area contributed by atoms with Gasteiger partial charge in [-0.1, -0.05) is 0 Å². The summed E-state index contributed by atoms with van der Waals surface area (Å²) in [6, 6.07) is 7.55. The van der Waals surface area contributed by atoms with Crippen molar-refractivity contribution in [2.45, 2.75) is 6.92 Å². The van der Waals surface area contributed by atoms with Gasteiger partial charge in [-0.05, 0) is 31.2 Å². The van der Waals surface area contributed by atoms with E-state index in [9.17, 15) is 9.59 Å². The van der Waals surface area contributed by atoms with Gasteiger partial charge in [0.1, 0.15) is 5.69 Å². The lowest BCUT2D eigenvalue weighted by Crippen LogP contribution is -2.35. The van der Waals surface area contributed by atoms with Crippen LogP contribution >= 0.6 is 0 Å². The second-order valence-electron chi connectivity index (χ2n) is 4.36. The van der Waals surface area contributed by atoms with Crippen molar-refractivity contribution in [2.24, 2.45) is 0 Å². The SMILES string of the molecule is CCOc1c(Nc2ccc(N(C)C)cc2)c(=O)c1=O. The van der Waals surface area contributed by atoms with E-state index >= 15 is 0 Å². The summed E-state index contributed by atoms with van der Waals surface area (Å²) in [5.41, 5.74) is 0.957. The Labute approximate surface area is 111 Å². The molecule has 19 heavy (non-hydrogen) atoms. The van der Waals surface area contributed by atoms with Gasteiger partial charge in [-0.2, -0.15) is 0 Å². The average molecular weight is 260 g/mol. The molecule has 0 aliphatic rings. The Morgan fingerprint density at radius 3 is 2.26 bits per heavy atom. The first-order valence-corrected chi connectivity index (χ1v) is 6.05. The van der Waals surface area contributed by atoms with Crippen LogP contribution < -0.4 is 25.8 Å². The molecule has 0 aromatic heterocycles. The summed E-state index contributed by atoms with van der Waals surface area (Å²) in [4.78, 5) is 24.8. The molecule has 0 spiro atoms. The molecule has 0 atom stereocenters. The van der Waals surface area contributed by atoms with Crippen LogP contribution in [-0.2, 0) is 0 Å². The molecule has 0 bridgehead atoms. The minimum Gasteiger partial charge on any atom is -0.488 e. The van der Waals surface area contributed by atoms with Gasteiger partial charge in [0.05, 0.1) is 6.61 Å². The Morgan fingerprint density at radius 1 is 1.11 bits per heavy atom. The number of nitrogens with zero attached hydrogens (tertiary/aromatic N) is 1. The van der Waals surface area contributed by atoms with Gasteiger partial charge in [0.2, 0.25) is 0 Å². The summed E-state index contributed by atoms with van der Waals surface area (Å²) in [5.74, 6) is 0.129. The Kier molecular flexibility index (Phi) is 3.55. The quantitative estimate of drug-likeness (QED) is 0.825. The summed E-state index contributed by atoms with van der Waals surface area (Å²) in [6.07, 6.45) is 0. The number of hydrogen-bond acceptors (Lipinski definition) is 5. The lowest BCUT2D eigenvalue weighted by Gasteiger charge is -2.15. The highest BCUT2D eigenvalue weighted by atomic mass is 16.5. The van der Waals surface area contributed by atoms with Crippen LogP contribution in [0.4, 0.5) is 17.1 Å². The summed E-state index contributed by atoms with van der Waals surface area (Å²) >= 11 is 0. The highest BCUT2D eigenvalue weighted by molar-refractivity contribution is 5.70. The van der Waals surface area contributed by atoms with Crippen LogP contribution in [-0.4, -0.2) is 20.7 Å². The van der Waals surface area contributed by atoms with Crippen molar-refractivity contribution in [1.29, 1.82) is 0 Å². The molecule has 0 fully saturated rings. The van der Waals surface area contributed by atoms with Gasteiger partial charge >= 0.3 is 0 Å². The van der Waals surface area contributed by atoms with E-state index in [0.29, 0.717) is 6.61 Å². The Balaban J connectivity index is 2.20. The zero-order valence-corrected chi connectivity index (χ0v) is 11.2. The normalized spacial score (nSPS) is 10.5. The van der Waals surface area contributed by atoms with E-state index in [1.165, 1.54) is 0 Å². The maximum atomic E-state index is 11.5. The molecule has 1 N–H and O–H groups in total. The van der Waals surface area contributed by atoms with Gasteiger partial charge in [0.15, 0.2) is 5.75 Å². The first kappa shape index (κ1) is 13.1. The highest BCUT2D eigenvalue weighted by Crippen LogP contribution is 2.24. The van der Waals surface area contributed by atoms with Crippen LogP contribution in [0.5, 0.6) is 5.75 Å². The lowest BCUT2D eigenvalue weighted by atomic mass is 10.2. The van der Waals surface area contributed by atoms with Crippen molar-refractivity contribution in [3.8, 4) is 5.75 Å². The van der Waals surface area contributed by atoms with Gasteiger partial charge < -0.3 is 15.0 Å². The van der Waals surface area contributed by atoms with E-state index in [2.05, 4.69) is 5.32 Å². The molecule has 100 valence electrons. The second kappa shape index (κ2) is 5.14. The molecule has 2 aromatic rings. The average Bonchev–Trinajstić information content (AvgIpc) is 2.42. The van der Waals surface area contributed by atoms with E-state index in [4.69, 9.17) is 4.74 Å². The number of hydrogen-bond donors (Lipinski definition) is 1. The molecule has 0 radical (unpaired) electrons. The first-order valence-electron chi connectivity index (χ1n) is 6.05. The molecular weight excluding hydrogens is 244 g/mol. The van der Waals surface area contributed by atoms with Crippen LogP contribution in [0.15, 0.2) is 33.9 Å². The summed E-state index contributed by atoms with van der Waals surface area (Å²) in [6.45, 7) is 2.13. The Hall–Kier alpha value is -2.30. The molecule has 0 heterocycles. The van der Waals surface area contributed by atoms with Crippen molar-refractivity contribution < 1.29 is 4.74 Å². The van der Waals surface area contributed by atoms with Gasteiger partial charge in [-0.25, -0.2) is 0 Å². The molecule has 2 aromatic carbocycles. The first-order chi connectivity index (χ1) is 9.04. The number of anilines is 3. The molecule has 0 aliphatic carbocycles. The molecule has 0 aliphatic heterocycles. The fraction of sp³-hybridized carbons (Fsp3) is 0.286. The monoisotopic (exact) mass is 260 g/mol. The third-order valence-corrected chi connectivity index (χ3v) is 2.81. The molecular formula is C14H16N2O3. The molecule has 0 unspecified atom stereocenters. The summed E-state index contributed by atoms with van der Waals surface area (Å²) in [7, 11) is 3.90. The number of benzene rings is 1. The standard InChI is InChI=1S/C14H16N2O3/c1-4-19-14-11(12(17)13(14)18)15-9-5-7-10(8-6-9)16(2)3/h5-8,15H,4H2,1-3H3. The van der Waals surface area contributed by atoms with Crippen LogP contribution in [0.3, 0.4) is 0 Å². The van der Waals surface area contributed by atoms with Crippen LogP contribution in [0, 0.1) is 0 Å². The predicted molar refractivity (Wildman–Crippen MR) is 76.6 cm³/mol. The molecule has 2 rings (SSSR count). The number of rotatable bonds is 5. The van der Waals surface area contributed by atoms with Crippen LogP contribution in [0.2, 0.25) is 0 Å². The van der Waals surface area contributed by atoms with Crippen molar-refractivity contribution in [2.75, 3.05) is 30.9 Å². The van der Waals surface area contributed by atoms with Crippen LogP contribution in [0.1, 0.15) is 6.92 Å². The lowest BCUT2D eigenvalue weighted by molar-refractivity contribution is 0.335. The molecule has 0 amide bonds. The van der Waals surface area contributed by atoms with Gasteiger partial charge in [0, 0.05) is 25.5 Å². The predicted octanol–water partition coefficient (Wildman–Crippen LogP) is 1.49. The van der Waals surface area contributed by atoms with Crippen molar-refractivity contribution in [3.63, 3.8) is 0 Å². The minimum atomic E-state index is -0.561. The van der Waals surface area contributed by atoms with E-state index in [1.807, 2.05) is 43.3 Å². The van der Waals surface area contributed by atoms with E-state index in [1.54, 1.807) is 6.92 Å². The molecule has 5 nitrogen and oxygen atoms in total. The fourth-order valence-corrected chi connectivity index (χ4v) is 1.75. The maximum Gasteiger partial charge on any atom is 0.272 e. The van der Waals surface area contributed by atoms with Crippen molar-refractivity contribution >= 4 is 17.1 Å². The van der Waals surface area contributed by atoms with Gasteiger partial charge in [0.25, 0.3) is 10.9 Å². The third kappa shape index (κ3) is 2.45. The largest absolute Gasteiger partial charge is 0.488 e. The van der Waals surface area contributed by atoms with E-state index < -0.39 is 10.9 Å². The Morgan fingerprint density at radius 2 is 1.74 bits per heavy atom. The van der Waals surface area contributed by atoms with Gasteiger partial charge in [-0.3, -0.25) is 9.59 Å². The highest BCUT2D eigenvalue weighted by Gasteiger charge is 2.22. The zero-order chi connectivity index (χ0) is 14.0. The minimum absolute atomic E-state index is 0.129. The maximum absolute atomic E-state index is 11.5. The van der Waals surface area contributed by atoms with Crippen molar-refractivity contribution in [1.82, 2.24) is 0 Å². The topological polar surface area (TPSA) is 58.6 Å². The smallest absolute Gasteiger partial charge is 0.272 e. The number of ether oxygens (including phenoxy) is 1. The summed E-state index contributed by atoms with van der Waals surface area (Å²) < 4.78 is 5.15. The Bertz CT molecular complexity index is 638. The molecule has 5 heteroatoms. The molecule has 0 saturated carbocycles. The zero-order valence-electron chi connectivity index (χ0n) is 11.2. The van der Waals surface area contributed by atoms with Gasteiger partial charge in [-0.15, -0.1) is 0 Å². The third-order valence-electron chi connectivity index (χ3n) is 2.81. The molecule has 0 saturated heterocycles. The summed E-state index contributed by atoms with van der Waals surface area (Å²) in [5, 5.41) is 2.93. The van der Waals surface area contributed by atoms with E-state index in [0.717, 1.165) is 11.4 Å². The number of nitrogens with one attached hydrogen (secondary N) is 1.